The number of carbonyl (C=O) groups is 2. The minimum atomic E-state index is -0.836. The van der Waals surface area contributed by atoms with Crippen molar-refractivity contribution >= 4 is 23.3 Å². The lowest BCUT2D eigenvalue weighted by atomic mass is 10.0. The van der Waals surface area contributed by atoms with Crippen LogP contribution >= 0.6 is 0 Å². The van der Waals surface area contributed by atoms with Crippen molar-refractivity contribution in [2.75, 3.05) is 37.7 Å². The fraction of sp³-hybridized carbons (Fsp3) is 0.552. The Morgan fingerprint density at radius 3 is 2.75 bits per heavy atom. The summed E-state index contributed by atoms with van der Waals surface area (Å²) in [5.74, 6) is -1.55. The maximum atomic E-state index is 15.2. The van der Waals surface area contributed by atoms with Gasteiger partial charge in [-0.2, -0.15) is 4.99 Å². The van der Waals surface area contributed by atoms with Crippen molar-refractivity contribution < 1.29 is 28.2 Å². The Kier molecular flexibility index (Phi) is 9.47. The zero-order valence-electron chi connectivity index (χ0n) is 23.7. The van der Waals surface area contributed by atoms with Crippen molar-refractivity contribution in [3.63, 3.8) is 0 Å². The van der Waals surface area contributed by atoms with E-state index >= 15 is 4.39 Å². The molecule has 4 rings (SSSR count). The minimum absolute atomic E-state index is 0.00653. The Bertz CT molecular complexity index is 1180. The van der Waals surface area contributed by atoms with Crippen LogP contribution in [0.3, 0.4) is 0 Å². The fourth-order valence-corrected chi connectivity index (χ4v) is 5.01. The first-order valence-corrected chi connectivity index (χ1v) is 13.8. The van der Waals surface area contributed by atoms with Crippen LogP contribution < -0.4 is 20.7 Å². The van der Waals surface area contributed by atoms with Gasteiger partial charge in [-0.15, -0.1) is 0 Å². The predicted molar refractivity (Wildman–Crippen MR) is 150 cm³/mol. The molecule has 1 aromatic rings. The topological polar surface area (TPSA) is 119 Å². The van der Waals surface area contributed by atoms with Crippen molar-refractivity contribution in [2.24, 2.45) is 16.6 Å². The van der Waals surface area contributed by atoms with Gasteiger partial charge in [-0.3, -0.25) is 9.59 Å². The largest absolute Gasteiger partial charge is 0.456 e. The third-order valence-corrected chi connectivity index (χ3v) is 6.90. The normalized spacial score (nSPS) is 21.9. The van der Waals surface area contributed by atoms with Gasteiger partial charge in [-0.05, 0) is 57.2 Å². The SMILES string of the molecule is CC(C)C[C@@H](C(=O)N=C(N)/C=C\NC[C@@H]1COC(C)(C)O1)N1CC(Oc2cccc(N3CCCC3)c2F)=CC1=O. The summed E-state index contributed by atoms with van der Waals surface area (Å²) in [5.41, 5.74) is 6.48. The van der Waals surface area contributed by atoms with Crippen LogP contribution in [0.1, 0.15) is 47.0 Å². The molecule has 2 fully saturated rings. The average Bonchev–Trinajstić information content (AvgIpc) is 3.62. The monoisotopic (exact) mass is 557 g/mol. The van der Waals surface area contributed by atoms with E-state index in [0.717, 1.165) is 25.9 Å². The van der Waals surface area contributed by atoms with Crippen LogP contribution in [0.15, 0.2) is 47.3 Å². The Balaban J connectivity index is 1.37. The molecule has 2 amide bonds. The molecule has 0 aromatic heterocycles. The summed E-state index contributed by atoms with van der Waals surface area (Å²) in [5, 5.41) is 3.07. The van der Waals surface area contributed by atoms with Crippen LogP contribution in [0.2, 0.25) is 0 Å². The lowest BCUT2D eigenvalue weighted by Crippen LogP contribution is -2.43. The molecule has 2 atom stereocenters. The third-order valence-electron chi connectivity index (χ3n) is 6.90. The van der Waals surface area contributed by atoms with Gasteiger partial charge in [-0.1, -0.05) is 19.9 Å². The second kappa shape index (κ2) is 12.8. The van der Waals surface area contributed by atoms with Gasteiger partial charge in [0, 0.05) is 31.9 Å². The van der Waals surface area contributed by atoms with E-state index < -0.39 is 29.5 Å². The number of hydrogen-bond acceptors (Lipinski definition) is 7. The molecule has 3 heterocycles. The lowest BCUT2D eigenvalue weighted by molar-refractivity contribution is -0.137. The number of ether oxygens (including phenoxy) is 3. The van der Waals surface area contributed by atoms with Crippen molar-refractivity contribution in [2.45, 2.75) is 64.9 Å². The van der Waals surface area contributed by atoms with Gasteiger partial charge in [0.2, 0.25) is 0 Å². The summed E-state index contributed by atoms with van der Waals surface area (Å²) in [6.07, 6.45) is 6.71. The highest BCUT2D eigenvalue weighted by Gasteiger charge is 2.35. The first-order valence-electron chi connectivity index (χ1n) is 13.8. The number of nitrogens with zero attached hydrogens (tertiary/aromatic N) is 3. The van der Waals surface area contributed by atoms with Crippen LogP contribution in [0.5, 0.6) is 5.75 Å². The van der Waals surface area contributed by atoms with Crippen LogP contribution in [-0.4, -0.2) is 73.3 Å². The number of amides is 2. The molecular formula is C29H40FN5O5. The van der Waals surface area contributed by atoms with Crippen LogP contribution in [0.4, 0.5) is 10.1 Å². The van der Waals surface area contributed by atoms with Crippen molar-refractivity contribution in [3.05, 3.63) is 48.1 Å². The van der Waals surface area contributed by atoms with Gasteiger partial charge < -0.3 is 35.1 Å². The van der Waals surface area contributed by atoms with Gasteiger partial charge in [0.05, 0.1) is 18.8 Å². The van der Waals surface area contributed by atoms with Gasteiger partial charge in [0.1, 0.15) is 23.7 Å². The molecule has 3 aliphatic rings. The van der Waals surface area contributed by atoms with E-state index in [1.807, 2.05) is 32.6 Å². The first-order chi connectivity index (χ1) is 19.0. The molecule has 0 unspecified atom stereocenters. The lowest BCUT2D eigenvalue weighted by Gasteiger charge is -2.27. The van der Waals surface area contributed by atoms with E-state index in [1.54, 1.807) is 18.3 Å². The van der Waals surface area contributed by atoms with Gasteiger partial charge in [-0.25, -0.2) is 4.39 Å². The van der Waals surface area contributed by atoms with Crippen LogP contribution in [0, 0.1) is 11.7 Å². The molecule has 3 N–H and O–H groups in total. The highest BCUT2D eigenvalue weighted by atomic mass is 19.1. The quantitative estimate of drug-likeness (QED) is 0.315. The van der Waals surface area contributed by atoms with E-state index in [2.05, 4.69) is 10.3 Å². The summed E-state index contributed by atoms with van der Waals surface area (Å²) in [7, 11) is 0. The number of nitrogens with two attached hydrogens (primary N) is 1. The highest BCUT2D eigenvalue weighted by Crippen LogP contribution is 2.32. The molecule has 0 spiro atoms. The summed E-state index contributed by atoms with van der Waals surface area (Å²) in [6.45, 7) is 10.2. The number of aliphatic imine (C=N–C) groups is 1. The Labute approximate surface area is 235 Å². The van der Waals surface area contributed by atoms with Crippen LogP contribution in [-0.2, 0) is 19.1 Å². The maximum Gasteiger partial charge on any atom is 0.270 e. The number of nitrogens with one attached hydrogen (secondary N) is 1. The van der Waals surface area contributed by atoms with Gasteiger partial charge in [0.15, 0.2) is 17.4 Å². The Morgan fingerprint density at radius 1 is 1.32 bits per heavy atom. The molecule has 0 saturated carbocycles. The summed E-state index contributed by atoms with van der Waals surface area (Å²) < 4.78 is 32.3. The number of halogens is 1. The van der Waals surface area contributed by atoms with E-state index in [9.17, 15) is 9.59 Å². The summed E-state index contributed by atoms with van der Waals surface area (Å²) >= 11 is 0. The second-order valence-corrected chi connectivity index (χ2v) is 11.2. The Morgan fingerprint density at radius 2 is 2.08 bits per heavy atom. The molecule has 2 saturated heterocycles. The van der Waals surface area contributed by atoms with Gasteiger partial charge >= 0.3 is 0 Å². The molecule has 218 valence electrons. The summed E-state index contributed by atoms with van der Waals surface area (Å²) in [6, 6.07) is 4.17. The van der Waals surface area contributed by atoms with E-state index in [-0.39, 0.29) is 35.9 Å². The van der Waals surface area contributed by atoms with Crippen molar-refractivity contribution in [3.8, 4) is 5.75 Å². The smallest absolute Gasteiger partial charge is 0.270 e. The molecule has 1 aromatic carbocycles. The fourth-order valence-electron chi connectivity index (χ4n) is 5.01. The van der Waals surface area contributed by atoms with E-state index in [1.165, 1.54) is 23.1 Å². The average molecular weight is 558 g/mol. The molecule has 40 heavy (non-hydrogen) atoms. The second-order valence-electron chi connectivity index (χ2n) is 11.2. The number of hydrogen-bond donors (Lipinski definition) is 2. The number of carbonyl (C=O) groups excluding carboxylic acids is 2. The van der Waals surface area contributed by atoms with Gasteiger partial charge in [0.25, 0.3) is 11.8 Å². The van der Waals surface area contributed by atoms with Crippen molar-refractivity contribution in [1.82, 2.24) is 10.2 Å². The standard InChI is InChI=1S/C29H40FN5O5/c1-19(2)14-23(28(37)33-25(31)10-11-32-16-21-18-38-29(3,4)40-21)35-17-20(15-26(35)36)39-24-9-7-8-22(27(24)30)34-12-5-6-13-34/h7-11,15,19,21,23,32H,5-6,12-14,16-18H2,1-4H3,(H2,31,33,37)/b11-10-/t21-,23+/m1/s1. The zero-order valence-corrected chi connectivity index (χ0v) is 23.7. The van der Waals surface area contributed by atoms with Crippen LogP contribution in [0.25, 0.3) is 0 Å². The predicted octanol–water partition coefficient (Wildman–Crippen LogP) is 3.08. The molecular weight excluding hydrogens is 517 g/mol. The van der Waals surface area contributed by atoms with E-state index in [0.29, 0.717) is 25.3 Å². The number of amidine groups is 1. The van der Waals surface area contributed by atoms with Crippen molar-refractivity contribution in [1.29, 1.82) is 0 Å². The third kappa shape index (κ3) is 7.60. The maximum absolute atomic E-state index is 15.2. The molecule has 0 radical (unpaired) electrons. The molecule has 0 aliphatic carbocycles. The number of anilines is 1. The summed E-state index contributed by atoms with van der Waals surface area (Å²) in [4.78, 5) is 33.5. The Hall–Kier alpha value is -3.44. The molecule has 0 bridgehead atoms. The minimum Gasteiger partial charge on any atom is -0.456 e. The molecule has 10 nitrogen and oxygen atoms in total. The zero-order chi connectivity index (χ0) is 28.9. The number of rotatable bonds is 11. The molecule has 11 heteroatoms. The highest BCUT2D eigenvalue weighted by molar-refractivity contribution is 6.03. The van der Waals surface area contributed by atoms with E-state index in [4.69, 9.17) is 19.9 Å². The first kappa shape index (κ1) is 29.5. The molecule has 3 aliphatic heterocycles. The number of benzene rings is 1.